The van der Waals surface area contributed by atoms with E-state index in [0.29, 0.717) is 25.4 Å². The summed E-state index contributed by atoms with van der Waals surface area (Å²) < 4.78 is 33.8. The van der Waals surface area contributed by atoms with Gasteiger partial charge in [-0.3, -0.25) is 9.78 Å². The van der Waals surface area contributed by atoms with Gasteiger partial charge >= 0.3 is 0 Å². The van der Waals surface area contributed by atoms with Crippen molar-refractivity contribution < 1.29 is 18.3 Å². The number of hydrogen-bond acceptors (Lipinski definition) is 6. The highest BCUT2D eigenvalue weighted by Crippen LogP contribution is 2.28. The van der Waals surface area contributed by atoms with Crippen molar-refractivity contribution in [3.63, 3.8) is 0 Å². The van der Waals surface area contributed by atoms with E-state index in [4.69, 9.17) is 10.5 Å². The number of nitrogen functional groups attached to an aromatic ring is 1. The maximum atomic E-state index is 14.2. The maximum Gasteiger partial charge on any atom is 0.276 e. The van der Waals surface area contributed by atoms with Crippen LogP contribution in [-0.2, 0) is 4.74 Å². The Kier molecular flexibility index (Phi) is 6.03. The zero-order chi connectivity index (χ0) is 21.8. The highest BCUT2D eigenvalue weighted by atomic mass is 19.1. The van der Waals surface area contributed by atoms with Crippen molar-refractivity contribution in [2.24, 2.45) is 0 Å². The minimum Gasteiger partial charge on any atom is -0.397 e. The summed E-state index contributed by atoms with van der Waals surface area (Å²) in [6, 6.07) is 8.10. The minimum absolute atomic E-state index is 0.0222. The van der Waals surface area contributed by atoms with Crippen LogP contribution in [0.1, 0.15) is 16.9 Å². The minimum atomic E-state index is -0.776. The van der Waals surface area contributed by atoms with Crippen molar-refractivity contribution in [2.45, 2.75) is 6.42 Å². The molecule has 1 amide bonds. The predicted molar refractivity (Wildman–Crippen MR) is 114 cm³/mol. The molecular formula is C22H21F2N5O2. The lowest BCUT2D eigenvalue weighted by Crippen LogP contribution is -2.27. The highest BCUT2D eigenvalue weighted by molar-refractivity contribution is 6.07. The normalized spacial score (nSPS) is 14.2. The van der Waals surface area contributed by atoms with Crippen molar-refractivity contribution in [2.75, 3.05) is 42.3 Å². The maximum absolute atomic E-state index is 14.2. The number of carbonyl (C=O) groups is 1. The molecule has 4 rings (SSSR count). The van der Waals surface area contributed by atoms with Crippen molar-refractivity contribution in [3.05, 3.63) is 66.1 Å². The van der Waals surface area contributed by atoms with E-state index in [9.17, 15) is 13.6 Å². The number of nitrogens with two attached hydrogens (primary N) is 1. The van der Waals surface area contributed by atoms with E-state index in [1.807, 2.05) is 6.07 Å². The van der Waals surface area contributed by atoms with Gasteiger partial charge in [0, 0.05) is 25.9 Å². The first-order valence-corrected chi connectivity index (χ1v) is 9.83. The lowest BCUT2D eigenvalue weighted by molar-refractivity contribution is 0.102. The zero-order valence-corrected chi connectivity index (χ0v) is 16.6. The Morgan fingerprint density at radius 1 is 1.10 bits per heavy atom. The smallest absolute Gasteiger partial charge is 0.276 e. The Morgan fingerprint density at radius 2 is 1.90 bits per heavy atom. The lowest BCUT2D eigenvalue weighted by atomic mass is 10.1. The second-order valence-electron chi connectivity index (χ2n) is 7.03. The molecule has 0 spiro atoms. The molecule has 0 radical (unpaired) electrons. The second kappa shape index (κ2) is 9.05. The largest absolute Gasteiger partial charge is 0.397 e. The van der Waals surface area contributed by atoms with Gasteiger partial charge in [0.15, 0.2) is 5.69 Å². The van der Waals surface area contributed by atoms with Crippen molar-refractivity contribution in [3.8, 4) is 11.3 Å². The summed E-state index contributed by atoms with van der Waals surface area (Å²) in [5.74, 6) is -2.15. The third-order valence-electron chi connectivity index (χ3n) is 4.97. The zero-order valence-electron chi connectivity index (χ0n) is 16.6. The molecule has 0 bridgehead atoms. The molecule has 9 heteroatoms. The summed E-state index contributed by atoms with van der Waals surface area (Å²) in [6.45, 7) is 2.72. The number of aromatic nitrogens is 2. The van der Waals surface area contributed by atoms with Gasteiger partial charge in [-0.15, -0.1) is 0 Å². The molecule has 31 heavy (non-hydrogen) atoms. The molecule has 2 aromatic heterocycles. The van der Waals surface area contributed by atoms with E-state index in [1.54, 1.807) is 6.20 Å². The van der Waals surface area contributed by atoms with E-state index in [2.05, 4.69) is 20.2 Å². The molecule has 160 valence electrons. The molecule has 1 aliphatic rings. The monoisotopic (exact) mass is 425 g/mol. The van der Waals surface area contributed by atoms with Gasteiger partial charge in [0.05, 0.1) is 41.1 Å². The molecule has 0 saturated carbocycles. The van der Waals surface area contributed by atoms with Crippen molar-refractivity contribution in [1.82, 2.24) is 9.97 Å². The summed E-state index contributed by atoms with van der Waals surface area (Å²) in [6.07, 6.45) is 4.04. The fraction of sp³-hybridized carbons (Fsp3) is 0.227. The number of nitrogens with one attached hydrogen (secondary N) is 1. The molecule has 1 aromatic carbocycles. The van der Waals surface area contributed by atoms with Crippen LogP contribution in [0.25, 0.3) is 11.3 Å². The standard InChI is InChI=1S/C22H21F2N5O2/c23-14-3-1-4-15(24)20(14)17-6-5-16(25)21(27-17)22(30)28-18-13-26-8-7-19(18)29-9-2-11-31-12-10-29/h1,3-8,13H,2,9-12,25H2,(H,28,30). The van der Waals surface area contributed by atoms with Crippen LogP contribution in [0.4, 0.5) is 25.8 Å². The number of benzene rings is 1. The van der Waals surface area contributed by atoms with Gasteiger partial charge in [-0.2, -0.15) is 0 Å². The van der Waals surface area contributed by atoms with Gasteiger partial charge in [-0.05, 0) is 36.8 Å². The van der Waals surface area contributed by atoms with Crippen molar-refractivity contribution >= 4 is 23.0 Å². The van der Waals surface area contributed by atoms with E-state index >= 15 is 0 Å². The topological polar surface area (TPSA) is 93.4 Å². The molecule has 1 aliphatic heterocycles. The van der Waals surface area contributed by atoms with Crippen LogP contribution in [-0.4, -0.2) is 42.2 Å². The second-order valence-corrected chi connectivity index (χ2v) is 7.03. The van der Waals surface area contributed by atoms with Gasteiger partial charge in [0.25, 0.3) is 5.91 Å². The quantitative estimate of drug-likeness (QED) is 0.665. The van der Waals surface area contributed by atoms with Gasteiger partial charge in [0.1, 0.15) is 11.6 Å². The van der Waals surface area contributed by atoms with Gasteiger partial charge in [0.2, 0.25) is 0 Å². The molecule has 3 aromatic rings. The average Bonchev–Trinajstić information content (AvgIpc) is 3.04. The number of pyridine rings is 2. The third-order valence-corrected chi connectivity index (χ3v) is 4.97. The van der Waals surface area contributed by atoms with Gasteiger partial charge in [-0.1, -0.05) is 6.07 Å². The van der Waals surface area contributed by atoms with Crippen LogP contribution < -0.4 is 16.0 Å². The number of ether oxygens (including phenoxy) is 1. The SMILES string of the molecule is Nc1ccc(-c2c(F)cccc2F)nc1C(=O)Nc1cnccc1N1CCCOCC1. The third kappa shape index (κ3) is 4.46. The van der Waals surface area contributed by atoms with Crippen LogP contribution in [0, 0.1) is 11.6 Å². The summed E-state index contributed by atoms with van der Waals surface area (Å²) in [5.41, 5.74) is 6.85. The van der Waals surface area contributed by atoms with E-state index < -0.39 is 17.5 Å². The fourth-order valence-corrected chi connectivity index (χ4v) is 3.46. The number of anilines is 3. The Bertz CT molecular complexity index is 1080. The van der Waals surface area contributed by atoms with Crippen LogP contribution in [0.15, 0.2) is 48.8 Å². The lowest BCUT2D eigenvalue weighted by Gasteiger charge is -2.24. The van der Waals surface area contributed by atoms with Crippen molar-refractivity contribution in [1.29, 1.82) is 0 Å². The first-order chi connectivity index (χ1) is 15.0. The van der Waals surface area contributed by atoms with Gasteiger partial charge in [-0.25, -0.2) is 13.8 Å². The summed E-state index contributed by atoms with van der Waals surface area (Å²) in [7, 11) is 0. The van der Waals surface area contributed by atoms with E-state index in [0.717, 1.165) is 30.8 Å². The van der Waals surface area contributed by atoms with Crippen LogP contribution in [0.2, 0.25) is 0 Å². The number of rotatable bonds is 4. The predicted octanol–water partition coefficient (Wildman–Crippen LogP) is 3.48. The van der Waals surface area contributed by atoms with E-state index in [1.165, 1.54) is 24.4 Å². The molecule has 3 N–H and O–H groups in total. The highest BCUT2D eigenvalue weighted by Gasteiger charge is 2.20. The summed E-state index contributed by atoms with van der Waals surface area (Å²) in [4.78, 5) is 23.3. The van der Waals surface area contributed by atoms with Crippen LogP contribution >= 0.6 is 0 Å². The Morgan fingerprint density at radius 3 is 2.71 bits per heavy atom. The van der Waals surface area contributed by atoms with Crippen LogP contribution in [0.3, 0.4) is 0 Å². The molecular weight excluding hydrogens is 404 g/mol. The average molecular weight is 425 g/mol. The Balaban J connectivity index is 1.64. The number of hydrogen-bond donors (Lipinski definition) is 2. The number of carbonyl (C=O) groups excluding carboxylic acids is 1. The Labute approximate surface area is 177 Å². The van der Waals surface area contributed by atoms with Gasteiger partial charge < -0.3 is 20.7 Å². The molecule has 1 fully saturated rings. The summed E-state index contributed by atoms with van der Waals surface area (Å²) >= 11 is 0. The number of amides is 1. The van der Waals surface area contributed by atoms with E-state index in [-0.39, 0.29) is 22.6 Å². The molecule has 0 atom stereocenters. The molecule has 1 saturated heterocycles. The molecule has 3 heterocycles. The van der Waals surface area contributed by atoms with Crippen LogP contribution in [0.5, 0.6) is 0 Å². The molecule has 0 unspecified atom stereocenters. The fourth-order valence-electron chi connectivity index (χ4n) is 3.46. The first-order valence-electron chi connectivity index (χ1n) is 9.83. The molecule has 0 aliphatic carbocycles. The number of nitrogens with zero attached hydrogens (tertiary/aromatic N) is 3. The first kappa shape index (κ1) is 20.7. The Hall–Kier alpha value is -3.59. The molecule has 7 nitrogen and oxygen atoms in total. The summed E-state index contributed by atoms with van der Waals surface area (Å²) in [5, 5.41) is 2.78. The number of halogens is 2.